The van der Waals surface area contributed by atoms with E-state index in [-0.39, 0.29) is 40.5 Å². The van der Waals surface area contributed by atoms with E-state index in [2.05, 4.69) is 5.32 Å². The number of aliphatic hydroxyl groups excluding tert-OH is 4. The fourth-order valence-electron chi connectivity index (χ4n) is 2.28. The molecule has 0 aromatic heterocycles. The lowest BCUT2D eigenvalue weighted by Gasteiger charge is -2.23. The number of aliphatic hydroxyl groups is 4. The normalized spacial score (nSPS) is 13.0. The molecule has 0 radical (unpaired) electrons. The Morgan fingerprint density at radius 2 is 1.45 bits per heavy atom. The Hall–Kier alpha value is -0.340. The van der Waals surface area contributed by atoms with Gasteiger partial charge in [-0.15, -0.1) is 0 Å². The third-order valence-electron chi connectivity index (χ3n) is 3.76. The number of carbonyl (C=O) groups excluding carboxylic acids is 3. The first-order valence-corrected chi connectivity index (χ1v) is 11.3. The Kier molecular flexibility index (Phi) is 10.9. The van der Waals surface area contributed by atoms with E-state index in [4.69, 9.17) is 15.9 Å². The number of benzene rings is 1. The molecule has 1 aromatic carbocycles. The maximum absolute atomic E-state index is 13.0. The number of nitrogens with one attached hydrogen (secondary N) is 1. The van der Waals surface area contributed by atoms with Gasteiger partial charge in [0.25, 0.3) is 17.7 Å². The molecular formula is C16H20I3N3O7. The lowest BCUT2D eigenvalue weighted by Crippen LogP contribution is -2.38. The summed E-state index contributed by atoms with van der Waals surface area (Å²) in [4.78, 5) is 38.9. The smallest absolute Gasteiger partial charge is 0.255 e. The standard InChI is InChI=1S/C16H20I3N3O7/c1-22(3-7(26)5-24)16(29)10-12(18)8(14(20)27)11(17)9(13(10)19)15(28)21-2-6(25)4-23/h6-7,23-26H,2-5H2,1H3,(H2,20,27)(H,21,28)/t6-,7+/m0/s1. The van der Waals surface area contributed by atoms with Crippen LogP contribution in [0.3, 0.4) is 0 Å². The van der Waals surface area contributed by atoms with Gasteiger partial charge in [0.15, 0.2) is 0 Å². The van der Waals surface area contributed by atoms with Crippen molar-refractivity contribution in [3.63, 3.8) is 0 Å². The maximum atomic E-state index is 13.0. The third kappa shape index (κ3) is 6.57. The molecule has 0 unspecified atom stereocenters. The van der Waals surface area contributed by atoms with Crippen molar-refractivity contribution in [2.75, 3.05) is 33.4 Å². The number of hydrogen-bond donors (Lipinski definition) is 6. The molecule has 2 atom stereocenters. The first-order valence-electron chi connectivity index (χ1n) is 8.09. The number of amides is 3. The Bertz CT molecular complexity index is 807. The summed E-state index contributed by atoms with van der Waals surface area (Å²) >= 11 is 5.41. The van der Waals surface area contributed by atoms with E-state index in [1.807, 2.05) is 22.6 Å². The second kappa shape index (κ2) is 11.9. The average Bonchev–Trinajstić information content (AvgIpc) is 2.65. The molecule has 13 heteroatoms. The van der Waals surface area contributed by atoms with Crippen LogP contribution in [-0.2, 0) is 0 Å². The van der Waals surface area contributed by atoms with Crippen LogP contribution in [0.2, 0.25) is 0 Å². The van der Waals surface area contributed by atoms with Crippen molar-refractivity contribution < 1.29 is 34.8 Å². The molecule has 0 heterocycles. The van der Waals surface area contributed by atoms with Crippen LogP contribution in [0, 0.1) is 10.7 Å². The number of primary amides is 1. The molecule has 0 aliphatic rings. The average molecular weight is 747 g/mol. The highest BCUT2D eigenvalue weighted by Gasteiger charge is 2.31. The number of likely N-dealkylation sites (N-methyl/N-ethyl adjacent to an activating group) is 1. The van der Waals surface area contributed by atoms with E-state index in [0.29, 0.717) is 0 Å². The van der Waals surface area contributed by atoms with Gasteiger partial charge in [-0.2, -0.15) is 0 Å². The number of nitrogens with two attached hydrogens (primary N) is 1. The second-order valence-electron chi connectivity index (χ2n) is 6.00. The molecule has 1 aromatic rings. The Morgan fingerprint density at radius 1 is 0.966 bits per heavy atom. The lowest BCUT2D eigenvalue weighted by atomic mass is 10.0. The van der Waals surface area contributed by atoms with E-state index in [9.17, 15) is 24.6 Å². The first kappa shape index (κ1) is 26.7. The summed E-state index contributed by atoms with van der Waals surface area (Å²) in [6, 6.07) is 0. The molecule has 0 saturated heterocycles. The summed E-state index contributed by atoms with van der Waals surface area (Å²) in [5, 5.41) is 39.4. The van der Waals surface area contributed by atoms with Crippen LogP contribution in [0.5, 0.6) is 0 Å². The highest BCUT2D eigenvalue weighted by molar-refractivity contribution is 14.1. The predicted molar refractivity (Wildman–Crippen MR) is 129 cm³/mol. The molecule has 3 amide bonds. The zero-order valence-electron chi connectivity index (χ0n) is 15.2. The molecule has 0 bridgehead atoms. The van der Waals surface area contributed by atoms with Crippen molar-refractivity contribution in [1.82, 2.24) is 10.2 Å². The number of rotatable bonds is 9. The van der Waals surface area contributed by atoms with Gasteiger partial charge < -0.3 is 36.4 Å². The Balaban J connectivity index is 3.54. The minimum Gasteiger partial charge on any atom is -0.394 e. The molecular weight excluding hydrogens is 727 g/mol. The van der Waals surface area contributed by atoms with Crippen LogP contribution in [0.25, 0.3) is 0 Å². The number of hydrogen-bond acceptors (Lipinski definition) is 7. The largest absolute Gasteiger partial charge is 0.394 e. The van der Waals surface area contributed by atoms with Gasteiger partial charge in [-0.25, -0.2) is 0 Å². The summed E-state index contributed by atoms with van der Waals surface area (Å²) < 4.78 is 0.758. The minimum atomic E-state index is -1.17. The van der Waals surface area contributed by atoms with Gasteiger partial charge in [-0.3, -0.25) is 14.4 Å². The van der Waals surface area contributed by atoms with Crippen LogP contribution < -0.4 is 11.1 Å². The van der Waals surface area contributed by atoms with Gasteiger partial charge in [0.1, 0.15) is 0 Å². The summed E-state index contributed by atoms with van der Waals surface area (Å²) in [7, 11) is 1.41. The van der Waals surface area contributed by atoms with Crippen LogP contribution in [-0.4, -0.2) is 88.6 Å². The highest BCUT2D eigenvalue weighted by atomic mass is 127. The van der Waals surface area contributed by atoms with Crippen molar-refractivity contribution in [2.45, 2.75) is 12.2 Å². The highest BCUT2D eigenvalue weighted by Crippen LogP contribution is 2.32. The van der Waals surface area contributed by atoms with Crippen LogP contribution in [0.4, 0.5) is 0 Å². The fourth-order valence-corrected chi connectivity index (χ4v) is 6.93. The molecule has 0 spiro atoms. The van der Waals surface area contributed by atoms with Crippen LogP contribution in [0.15, 0.2) is 0 Å². The summed E-state index contributed by atoms with van der Waals surface area (Å²) in [6.45, 7) is -1.48. The van der Waals surface area contributed by atoms with Gasteiger partial charge in [-0.05, 0) is 67.8 Å². The van der Waals surface area contributed by atoms with Gasteiger partial charge >= 0.3 is 0 Å². The number of carbonyl (C=O) groups is 3. The molecule has 29 heavy (non-hydrogen) atoms. The zero-order chi connectivity index (χ0) is 22.5. The Labute approximate surface area is 207 Å². The molecule has 7 N–H and O–H groups in total. The lowest BCUT2D eigenvalue weighted by molar-refractivity contribution is 0.0518. The molecule has 0 fully saturated rings. The number of halogens is 3. The minimum absolute atomic E-state index is 0.000991. The van der Waals surface area contributed by atoms with Crippen molar-refractivity contribution in [1.29, 1.82) is 0 Å². The third-order valence-corrected chi connectivity index (χ3v) is 6.99. The zero-order valence-corrected chi connectivity index (χ0v) is 21.6. The van der Waals surface area contributed by atoms with Gasteiger partial charge in [-0.1, -0.05) is 0 Å². The molecule has 1 rings (SSSR count). The van der Waals surface area contributed by atoms with E-state index >= 15 is 0 Å². The van der Waals surface area contributed by atoms with Crippen LogP contribution >= 0.6 is 67.8 Å². The van der Waals surface area contributed by atoms with Gasteiger partial charge in [0.05, 0.1) is 42.1 Å². The van der Waals surface area contributed by atoms with E-state index < -0.39 is 43.1 Å². The number of nitrogens with zero attached hydrogens (tertiary/aromatic N) is 1. The summed E-state index contributed by atoms with van der Waals surface area (Å²) in [5.74, 6) is -2.06. The van der Waals surface area contributed by atoms with Crippen molar-refractivity contribution in [3.8, 4) is 0 Å². The molecule has 162 valence electrons. The topological polar surface area (TPSA) is 173 Å². The monoisotopic (exact) mass is 747 g/mol. The summed E-state index contributed by atoms with van der Waals surface area (Å²) in [5.41, 5.74) is 5.56. The molecule has 10 nitrogen and oxygen atoms in total. The molecule has 0 saturated carbocycles. The molecule has 0 aliphatic carbocycles. The molecule has 0 aliphatic heterocycles. The second-order valence-corrected chi connectivity index (χ2v) is 9.24. The van der Waals surface area contributed by atoms with E-state index in [0.717, 1.165) is 4.90 Å². The quantitative estimate of drug-likeness (QED) is 0.178. The summed E-state index contributed by atoms with van der Waals surface area (Å²) in [6.07, 6.45) is -2.32. The van der Waals surface area contributed by atoms with E-state index in [1.165, 1.54) is 7.05 Å². The Morgan fingerprint density at radius 3 is 1.93 bits per heavy atom. The van der Waals surface area contributed by atoms with Crippen molar-refractivity contribution in [3.05, 3.63) is 27.4 Å². The van der Waals surface area contributed by atoms with Crippen LogP contribution in [0.1, 0.15) is 31.1 Å². The van der Waals surface area contributed by atoms with Gasteiger partial charge in [0, 0.05) is 30.8 Å². The van der Waals surface area contributed by atoms with Crippen molar-refractivity contribution in [2.24, 2.45) is 5.73 Å². The van der Waals surface area contributed by atoms with E-state index in [1.54, 1.807) is 45.2 Å². The predicted octanol–water partition coefficient (Wildman–Crippen LogP) is -0.892. The maximum Gasteiger partial charge on any atom is 0.255 e. The van der Waals surface area contributed by atoms with Gasteiger partial charge in [0.2, 0.25) is 0 Å². The van der Waals surface area contributed by atoms with Crippen molar-refractivity contribution >= 4 is 85.5 Å². The SMILES string of the molecule is CN(C[C@@H](O)CO)C(=O)c1c(I)c(C(N)=O)c(I)c(C(=O)NC[C@H](O)CO)c1I. The fraction of sp³-hybridized carbons (Fsp3) is 0.438. The first-order chi connectivity index (χ1) is 13.5.